The van der Waals surface area contributed by atoms with Crippen molar-refractivity contribution >= 4 is 27.8 Å². The second-order valence-corrected chi connectivity index (χ2v) is 6.02. The van der Waals surface area contributed by atoms with Crippen molar-refractivity contribution in [1.82, 2.24) is 15.3 Å². The van der Waals surface area contributed by atoms with Crippen molar-refractivity contribution < 1.29 is 13.9 Å². The van der Waals surface area contributed by atoms with Gasteiger partial charge in [-0.05, 0) is 35.0 Å². The van der Waals surface area contributed by atoms with E-state index in [9.17, 15) is 4.79 Å². The van der Waals surface area contributed by atoms with Crippen LogP contribution >= 0.6 is 15.9 Å². The van der Waals surface area contributed by atoms with Gasteiger partial charge in [0.1, 0.15) is 17.2 Å². The Balaban J connectivity index is 1.71. The van der Waals surface area contributed by atoms with Gasteiger partial charge in [0.2, 0.25) is 5.95 Å². The highest BCUT2D eigenvalue weighted by Gasteiger charge is 2.19. The topological polar surface area (TPSA) is 80.5 Å². The Morgan fingerprint density at radius 2 is 2.17 bits per heavy atom. The summed E-state index contributed by atoms with van der Waals surface area (Å²) in [5.74, 6) is 1.78. The largest absolute Gasteiger partial charge is 0.465 e. The molecule has 1 aliphatic rings. The van der Waals surface area contributed by atoms with Crippen molar-refractivity contribution in [1.29, 1.82) is 0 Å². The predicted molar refractivity (Wildman–Crippen MR) is 87.4 cm³/mol. The highest BCUT2D eigenvalue weighted by molar-refractivity contribution is 9.10. The van der Waals surface area contributed by atoms with Crippen LogP contribution < -0.4 is 10.2 Å². The maximum absolute atomic E-state index is 12.4. The summed E-state index contributed by atoms with van der Waals surface area (Å²) in [6.45, 7) is 4.89. The molecule has 2 aromatic rings. The highest BCUT2D eigenvalue weighted by Crippen LogP contribution is 2.18. The number of aromatic nitrogens is 2. The first-order chi connectivity index (χ1) is 11.1. The second-order valence-electron chi connectivity index (χ2n) is 5.16. The maximum Gasteiger partial charge on any atom is 0.271 e. The summed E-state index contributed by atoms with van der Waals surface area (Å²) in [4.78, 5) is 23.0. The molecule has 0 bridgehead atoms. The number of ether oxygens (including phenoxy) is 1. The zero-order valence-corrected chi connectivity index (χ0v) is 14.3. The lowest BCUT2D eigenvalue weighted by Crippen LogP contribution is -2.37. The molecular formula is C15H17BrN4O3. The molecule has 1 aliphatic heterocycles. The van der Waals surface area contributed by atoms with Crippen LogP contribution in [-0.2, 0) is 11.3 Å². The van der Waals surface area contributed by atoms with Crippen LogP contribution in [-0.4, -0.2) is 42.2 Å². The van der Waals surface area contributed by atoms with E-state index in [0.29, 0.717) is 54.7 Å². The molecule has 1 fully saturated rings. The molecule has 0 radical (unpaired) electrons. The molecule has 2 aromatic heterocycles. The minimum atomic E-state index is -0.275. The van der Waals surface area contributed by atoms with E-state index in [-0.39, 0.29) is 5.91 Å². The van der Waals surface area contributed by atoms with Crippen LogP contribution in [0.25, 0.3) is 0 Å². The predicted octanol–water partition coefficient (Wildman–Crippen LogP) is 1.91. The summed E-state index contributed by atoms with van der Waals surface area (Å²) in [6.07, 6.45) is 1.60. The number of furan rings is 1. The number of nitrogens with one attached hydrogen (secondary N) is 1. The Morgan fingerprint density at radius 1 is 1.39 bits per heavy atom. The van der Waals surface area contributed by atoms with Crippen molar-refractivity contribution in [2.24, 2.45) is 0 Å². The van der Waals surface area contributed by atoms with Gasteiger partial charge in [0, 0.05) is 19.3 Å². The van der Waals surface area contributed by atoms with Gasteiger partial charge < -0.3 is 19.4 Å². The minimum absolute atomic E-state index is 0.275. The number of rotatable bonds is 4. The standard InChI is InChI=1S/C15H17BrN4O3/c1-10-2-3-11(23-10)8-17-14(21)13-12(16)9-18-15(19-13)20-4-6-22-7-5-20/h2-3,9H,4-8H2,1H3,(H,17,21). The average Bonchev–Trinajstić information content (AvgIpc) is 2.99. The number of amides is 1. The number of hydrogen-bond acceptors (Lipinski definition) is 6. The Labute approximate surface area is 142 Å². The summed E-state index contributed by atoms with van der Waals surface area (Å²) in [7, 11) is 0. The first-order valence-corrected chi connectivity index (χ1v) is 8.11. The van der Waals surface area contributed by atoms with E-state index in [2.05, 4.69) is 31.2 Å². The Hall–Kier alpha value is -1.93. The van der Waals surface area contributed by atoms with Crippen molar-refractivity contribution in [2.45, 2.75) is 13.5 Å². The lowest BCUT2D eigenvalue weighted by Gasteiger charge is -2.26. The molecule has 1 N–H and O–H groups in total. The number of anilines is 1. The van der Waals surface area contributed by atoms with Gasteiger partial charge in [0.25, 0.3) is 5.91 Å². The quantitative estimate of drug-likeness (QED) is 0.872. The number of aryl methyl sites for hydroxylation is 1. The van der Waals surface area contributed by atoms with E-state index < -0.39 is 0 Å². The molecular weight excluding hydrogens is 364 g/mol. The first kappa shape index (κ1) is 15.9. The molecule has 0 spiro atoms. The van der Waals surface area contributed by atoms with E-state index in [0.717, 1.165) is 5.76 Å². The molecule has 1 amide bonds. The van der Waals surface area contributed by atoms with E-state index >= 15 is 0 Å². The SMILES string of the molecule is Cc1ccc(CNC(=O)c2nc(N3CCOCC3)ncc2Br)o1. The summed E-state index contributed by atoms with van der Waals surface area (Å²) in [5, 5.41) is 2.80. The zero-order valence-electron chi connectivity index (χ0n) is 12.7. The van der Waals surface area contributed by atoms with E-state index in [1.807, 2.05) is 24.0 Å². The third-order valence-corrected chi connectivity index (χ3v) is 4.04. The fourth-order valence-electron chi connectivity index (χ4n) is 2.26. The van der Waals surface area contributed by atoms with Gasteiger partial charge in [0.15, 0.2) is 0 Å². The Morgan fingerprint density at radius 3 is 2.87 bits per heavy atom. The third kappa shape index (κ3) is 3.89. The van der Waals surface area contributed by atoms with Crippen LogP contribution in [0.5, 0.6) is 0 Å². The number of carbonyl (C=O) groups excluding carboxylic acids is 1. The molecule has 0 aliphatic carbocycles. The summed E-state index contributed by atoms with van der Waals surface area (Å²) >= 11 is 3.33. The zero-order chi connectivity index (χ0) is 16.2. The fraction of sp³-hybridized carbons (Fsp3) is 0.400. The van der Waals surface area contributed by atoms with Crippen LogP contribution in [0, 0.1) is 6.92 Å². The van der Waals surface area contributed by atoms with Gasteiger partial charge in [0.05, 0.1) is 24.2 Å². The number of nitrogens with zero attached hydrogens (tertiary/aromatic N) is 3. The highest BCUT2D eigenvalue weighted by atomic mass is 79.9. The van der Waals surface area contributed by atoms with Crippen LogP contribution in [0.1, 0.15) is 22.0 Å². The molecule has 3 rings (SSSR count). The van der Waals surface area contributed by atoms with Crippen molar-refractivity contribution in [3.05, 3.63) is 40.0 Å². The van der Waals surface area contributed by atoms with Gasteiger partial charge in [-0.15, -0.1) is 0 Å². The maximum atomic E-state index is 12.4. The van der Waals surface area contributed by atoms with E-state index in [1.54, 1.807) is 6.20 Å². The van der Waals surface area contributed by atoms with E-state index in [1.165, 1.54) is 0 Å². The lowest BCUT2D eigenvalue weighted by atomic mass is 10.3. The molecule has 0 atom stereocenters. The molecule has 3 heterocycles. The van der Waals surface area contributed by atoms with Gasteiger partial charge >= 0.3 is 0 Å². The molecule has 23 heavy (non-hydrogen) atoms. The molecule has 0 aromatic carbocycles. The lowest BCUT2D eigenvalue weighted by molar-refractivity contribution is 0.0941. The molecule has 1 saturated heterocycles. The van der Waals surface area contributed by atoms with E-state index in [4.69, 9.17) is 9.15 Å². The normalized spacial score (nSPS) is 14.8. The molecule has 8 heteroatoms. The fourth-order valence-corrected chi connectivity index (χ4v) is 2.64. The monoisotopic (exact) mass is 380 g/mol. The molecule has 0 unspecified atom stereocenters. The van der Waals surface area contributed by atoms with Gasteiger partial charge in [-0.3, -0.25) is 4.79 Å². The van der Waals surface area contributed by atoms with Crippen LogP contribution in [0.3, 0.4) is 0 Å². The summed E-state index contributed by atoms with van der Waals surface area (Å²) in [5.41, 5.74) is 0.310. The Bertz CT molecular complexity index is 698. The minimum Gasteiger partial charge on any atom is -0.465 e. The molecule has 0 saturated carbocycles. The van der Waals surface area contributed by atoms with Crippen molar-refractivity contribution in [2.75, 3.05) is 31.2 Å². The van der Waals surface area contributed by atoms with Crippen molar-refractivity contribution in [3.63, 3.8) is 0 Å². The molecule has 122 valence electrons. The molecule has 7 nitrogen and oxygen atoms in total. The average molecular weight is 381 g/mol. The smallest absolute Gasteiger partial charge is 0.271 e. The second kappa shape index (κ2) is 7.10. The summed E-state index contributed by atoms with van der Waals surface area (Å²) in [6, 6.07) is 3.70. The number of morpholine rings is 1. The van der Waals surface area contributed by atoms with Gasteiger partial charge in [-0.1, -0.05) is 0 Å². The van der Waals surface area contributed by atoms with Crippen LogP contribution in [0.2, 0.25) is 0 Å². The van der Waals surface area contributed by atoms with Crippen LogP contribution in [0.4, 0.5) is 5.95 Å². The third-order valence-electron chi connectivity index (χ3n) is 3.46. The number of halogens is 1. The number of carbonyl (C=O) groups is 1. The van der Waals surface area contributed by atoms with Gasteiger partial charge in [-0.25, -0.2) is 9.97 Å². The summed E-state index contributed by atoms with van der Waals surface area (Å²) < 4.78 is 11.3. The first-order valence-electron chi connectivity index (χ1n) is 7.32. The number of hydrogen-bond donors (Lipinski definition) is 1. The van der Waals surface area contributed by atoms with Gasteiger partial charge in [-0.2, -0.15) is 0 Å². The van der Waals surface area contributed by atoms with Crippen molar-refractivity contribution in [3.8, 4) is 0 Å². The Kier molecular flexibility index (Phi) is 4.92. The van der Waals surface area contributed by atoms with Crippen LogP contribution in [0.15, 0.2) is 27.2 Å².